The molecule has 2 aromatic carbocycles. The first-order valence-corrected chi connectivity index (χ1v) is 9.70. The number of rotatable bonds is 4. The quantitative estimate of drug-likeness (QED) is 0.684. The Balaban J connectivity index is 1.61. The lowest BCUT2D eigenvalue weighted by molar-refractivity contribution is -0.119. The summed E-state index contributed by atoms with van der Waals surface area (Å²) in [6.45, 7) is 4.81. The molecule has 2 amide bonds. The zero-order chi connectivity index (χ0) is 20.5. The summed E-state index contributed by atoms with van der Waals surface area (Å²) in [7, 11) is 0. The molecule has 29 heavy (non-hydrogen) atoms. The molecule has 4 rings (SSSR count). The van der Waals surface area contributed by atoms with Crippen LogP contribution in [0.3, 0.4) is 0 Å². The number of amides is 2. The van der Waals surface area contributed by atoms with Crippen LogP contribution in [0.25, 0.3) is 11.0 Å². The number of anilines is 2. The second-order valence-corrected chi connectivity index (χ2v) is 7.68. The van der Waals surface area contributed by atoms with Gasteiger partial charge in [-0.3, -0.25) is 9.59 Å². The van der Waals surface area contributed by atoms with Gasteiger partial charge in [0, 0.05) is 29.7 Å². The Hall–Kier alpha value is -3.41. The topological polar surface area (TPSA) is 79.6 Å². The molecule has 1 N–H and O–H groups in total. The number of para-hydroxylation sites is 1. The van der Waals surface area contributed by atoms with Gasteiger partial charge in [-0.2, -0.15) is 0 Å². The maximum absolute atomic E-state index is 12.7. The van der Waals surface area contributed by atoms with E-state index in [1.807, 2.05) is 23.1 Å². The highest BCUT2D eigenvalue weighted by atomic mass is 16.4. The molecule has 0 bridgehead atoms. The smallest absolute Gasteiger partial charge is 0.349 e. The normalized spacial score (nSPS) is 13.6. The van der Waals surface area contributed by atoms with Gasteiger partial charge in [0.15, 0.2) is 0 Å². The lowest BCUT2D eigenvalue weighted by Gasteiger charge is -2.31. The highest BCUT2D eigenvalue weighted by Gasteiger charge is 2.25. The van der Waals surface area contributed by atoms with Crippen molar-refractivity contribution in [2.75, 3.05) is 16.8 Å². The number of carbonyl (C=O) groups excluding carboxylic acids is 2. The molecule has 6 heteroatoms. The summed E-state index contributed by atoms with van der Waals surface area (Å²) >= 11 is 0. The predicted octanol–water partition coefficient (Wildman–Crippen LogP) is 3.98. The molecule has 3 aromatic rings. The van der Waals surface area contributed by atoms with Gasteiger partial charge in [-0.1, -0.05) is 32.0 Å². The number of fused-ring (bicyclic) bond motifs is 2. The Morgan fingerprint density at radius 3 is 2.69 bits per heavy atom. The fourth-order valence-corrected chi connectivity index (χ4v) is 3.62. The summed E-state index contributed by atoms with van der Waals surface area (Å²) in [4.78, 5) is 39.0. The van der Waals surface area contributed by atoms with Gasteiger partial charge in [-0.05, 0) is 48.2 Å². The van der Waals surface area contributed by atoms with Crippen molar-refractivity contribution in [1.82, 2.24) is 0 Å². The van der Waals surface area contributed by atoms with Gasteiger partial charge in [-0.15, -0.1) is 0 Å². The largest absolute Gasteiger partial charge is 0.422 e. The first-order valence-electron chi connectivity index (χ1n) is 9.70. The van der Waals surface area contributed by atoms with E-state index in [-0.39, 0.29) is 11.5 Å². The van der Waals surface area contributed by atoms with Crippen molar-refractivity contribution >= 4 is 34.2 Å². The van der Waals surface area contributed by atoms with Crippen LogP contribution in [0.2, 0.25) is 0 Å². The average molecular weight is 390 g/mol. The van der Waals surface area contributed by atoms with Crippen LogP contribution in [0.15, 0.2) is 57.7 Å². The van der Waals surface area contributed by atoms with Crippen molar-refractivity contribution in [1.29, 1.82) is 0 Å². The van der Waals surface area contributed by atoms with E-state index in [1.54, 1.807) is 24.3 Å². The van der Waals surface area contributed by atoms with Crippen molar-refractivity contribution in [2.24, 2.45) is 5.92 Å². The van der Waals surface area contributed by atoms with Crippen LogP contribution >= 0.6 is 0 Å². The molecule has 0 atom stereocenters. The molecular formula is C23H22N2O4. The molecule has 1 aromatic heterocycles. The molecular weight excluding hydrogens is 368 g/mol. The summed E-state index contributed by atoms with van der Waals surface area (Å²) in [5.74, 6) is -0.0384. The minimum atomic E-state index is -0.673. The third kappa shape index (κ3) is 3.78. The standard InChI is InChI=1S/C23H22N2O4/c1-14(2)13-25-19-9-8-17(11-15(19)7-10-21(25)26)24-22(27)18-12-16-5-3-4-6-20(16)29-23(18)28/h3-6,8-9,11-12,14H,7,10,13H2,1-2H3,(H,24,27). The van der Waals surface area contributed by atoms with Crippen LogP contribution in [-0.2, 0) is 11.2 Å². The SMILES string of the molecule is CC(C)CN1C(=O)CCc2cc(NC(=O)c3cc4ccccc4oc3=O)ccc21. The summed E-state index contributed by atoms with van der Waals surface area (Å²) in [5, 5.41) is 3.46. The molecule has 148 valence electrons. The highest BCUT2D eigenvalue weighted by molar-refractivity contribution is 6.06. The van der Waals surface area contributed by atoms with Gasteiger partial charge in [0.2, 0.25) is 5.91 Å². The summed E-state index contributed by atoms with van der Waals surface area (Å²) in [5.41, 5.74) is 2.20. The summed E-state index contributed by atoms with van der Waals surface area (Å²) < 4.78 is 5.24. The molecule has 0 spiro atoms. The second kappa shape index (κ2) is 7.54. The molecule has 0 unspecified atom stereocenters. The fourth-order valence-electron chi connectivity index (χ4n) is 3.62. The Morgan fingerprint density at radius 2 is 1.90 bits per heavy atom. The minimum absolute atomic E-state index is 0.0435. The average Bonchev–Trinajstić information content (AvgIpc) is 2.69. The molecule has 1 aliphatic rings. The van der Waals surface area contributed by atoms with E-state index in [2.05, 4.69) is 19.2 Å². The number of carbonyl (C=O) groups is 2. The zero-order valence-electron chi connectivity index (χ0n) is 16.4. The van der Waals surface area contributed by atoms with E-state index < -0.39 is 11.5 Å². The molecule has 2 heterocycles. The van der Waals surface area contributed by atoms with E-state index >= 15 is 0 Å². The van der Waals surface area contributed by atoms with Crippen molar-refractivity contribution in [3.63, 3.8) is 0 Å². The molecule has 0 aliphatic carbocycles. The summed E-state index contributed by atoms with van der Waals surface area (Å²) in [6.07, 6.45) is 1.08. The van der Waals surface area contributed by atoms with Crippen molar-refractivity contribution in [2.45, 2.75) is 26.7 Å². The Morgan fingerprint density at radius 1 is 1.10 bits per heavy atom. The molecule has 0 saturated heterocycles. The van der Waals surface area contributed by atoms with Crippen molar-refractivity contribution in [3.8, 4) is 0 Å². The van der Waals surface area contributed by atoms with Gasteiger partial charge in [0.05, 0.1) is 0 Å². The molecule has 0 fully saturated rings. The third-order valence-corrected chi connectivity index (χ3v) is 4.97. The minimum Gasteiger partial charge on any atom is -0.422 e. The van der Waals surface area contributed by atoms with Gasteiger partial charge in [-0.25, -0.2) is 4.79 Å². The maximum atomic E-state index is 12.7. The van der Waals surface area contributed by atoms with E-state index in [1.165, 1.54) is 6.07 Å². The molecule has 0 radical (unpaired) electrons. The van der Waals surface area contributed by atoms with Crippen LogP contribution in [0.5, 0.6) is 0 Å². The highest BCUT2D eigenvalue weighted by Crippen LogP contribution is 2.31. The monoisotopic (exact) mass is 390 g/mol. The molecule has 6 nitrogen and oxygen atoms in total. The molecule has 1 aliphatic heterocycles. The van der Waals surface area contributed by atoms with Gasteiger partial charge in [0.1, 0.15) is 11.1 Å². The van der Waals surface area contributed by atoms with E-state index in [9.17, 15) is 14.4 Å². The van der Waals surface area contributed by atoms with Crippen LogP contribution in [0, 0.1) is 5.92 Å². The van der Waals surface area contributed by atoms with Crippen LogP contribution in [-0.4, -0.2) is 18.4 Å². The fraction of sp³-hybridized carbons (Fsp3) is 0.261. The van der Waals surface area contributed by atoms with Crippen LogP contribution in [0.1, 0.15) is 36.2 Å². The number of nitrogens with one attached hydrogen (secondary N) is 1. The van der Waals surface area contributed by atoms with Gasteiger partial charge >= 0.3 is 5.63 Å². The lowest BCUT2D eigenvalue weighted by Crippen LogP contribution is -2.37. The summed E-state index contributed by atoms with van der Waals surface area (Å²) in [6, 6.07) is 14.1. The maximum Gasteiger partial charge on any atom is 0.349 e. The molecule has 0 saturated carbocycles. The zero-order valence-corrected chi connectivity index (χ0v) is 16.4. The van der Waals surface area contributed by atoms with Crippen LogP contribution in [0.4, 0.5) is 11.4 Å². The van der Waals surface area contributed by atoms with Crippen LogP contribution < -0.4 is 15.8 Å². The second-order valence-electron chi connectivity index (χ2n) is 7.68. The Kier molecular flexibility index (Phi) is 4.92. The van der Waals surface area contributed by atoms with E-state index in [4.69, 9.17) is 4.42 Å². The predicted molar refractivity (Wildman–Crippen MR) is 112 cm³/mol. The Labute approximate surface area is 168 Å². The number of aryl methyl sites for hydroxylation is 1. The number of benzene rings is 2. The van der Waals surface area contributed by atoms with Gasteiger partial charge in [0.25, 0.3) is 5.91 Å². The first kappa shape index (κ1) is 18.9. The Bertz CT molecular complexity index is 1160. The van der Waals surface area contributed by atoms with E-state index in [0.29, 0.717) is 42.0 Å². The van der Waals surface area contributed by atoms with Crippen molar-refractivity contribution < 1.29 is 14.0 Å². The van der Waals surface area contributed by atoms with Gasteiger partial charge < -0.3 is 14.6 Å². The lowest BCUT2D eigenvalue weighted by atomic mass is 9.99. The number of hydrogen-bond acceptors (Lipinski definition) is 4. The first-order chi connectivity index (χ1) is 13.9. The third-order valence-electron chi connectivity index (χ3n) is 4.97. The van der Waals surface area contributed by atoms with E-state index in [0.717, 1.165) is 11.3 Å². The van der Waals surface area contributed by atoms with Crippen molar-refractivity contribution in [3.05, 3.63) is 70.1 Å². The number of nitrogens with zero attached hydrogens (tertiary/aromatic N) is 1. The number of hydrogen-bond donors (Lipinski definition) is 1.